The van der Waals surface area contributed by atoms with Gasteiger partial charge in [-0.25, -0.2) is 0 Å². The summed E-state index contributed by atoms with van der Waals surface area (Å²) in [5.74, 6) is 0. The highest BCUT2D eigenvalue weighted by molar-refractivity contribution is 5.48. The second kappa shape index (κ2) is 6.84. The molecule has 94 valence electrons. The summed E-state index contributed by atoms with van der Waals surface area (Å²) in [5.41, 5.74) is 2.34. The molecule has 1 rings (SSSR count). The lowest BCUT2D eigenvalue weighted by atomic mass is 10.0. The van der Waals surface area contributed by atoms with E-state index < -0.39 is 0 Å². The van der Waals surface area contributed by atoms with E-state index in [1.54, 1.807) is 12.1 Å². The highest BCUT2D eigenvalue weighted by Gasteiger charge is 2.06. The second-order valence-electron chi connectivity index (χ2n) is 4.25. The lowest BCUT2D eigenvalue weighted by molar-refractivity contribution is 0.962. The number of nitriles is 3. The summed E-state index contributed by atoms with van der Waals surface area (Å²) < 4.78 is 0. The summed E-state index contributed by atoms with van der Waals surface area (Å²) in [6.07, 6.45) is 1.05. The van der Waals surface area contributed by atoms with E-state index in [2.05, 4.69) is 0 Å². The average molecular weight is 250 g/mol. The van der Waals surface area contributed by atoms with Crippen LogP contribution in [-0.4, -0.2) is 14.1 Å². The Labute approximate surface area is 113 Å². The smallest absolute Gasteiger partial charge is 0.143 e. The Bertz CT molecular complexity index is 573. The molecule has 0 aliphatic heterocycles. The van der Waals surface area contributed by atoms with E-state index >= 15 is 0 Å². The number of allylic oxidation sites excluding steroid dienone is 2. The number of rotatable bonds is 4. The summed E-state index contributed by atoms with van der Waals surface area (Å²) in [4.78, 5) is 2.01. The molecule has 0 radical (unpaired) electrons. The van der Waals surface area contributed by atoms with E-state index in [1.807, 2.05) is 49.3 Å². The molecule has 0 spiro atoms. The molecule has 0 saturated heterocycles. The molecule has 1 aromatic rings. The first-order valence-electron chi connectivity index (χ1n) is 5.82. The van der Waals surface area contributed by atoms with Gasteiger partial charge in [0.2, 0.25) is 0 Å². The standard InChI is InChI=1S/C15H14N4/c1-19(2)15-7-4-12(5-8-15)3-6-13(9-16)14(10-17)11-18/h4-5,7-8H,3,6H2,1-2H3. The van der Waals surface area contributed by atoms with Crippen molar-refractivity contribution in [2.75, 3.05) is 19.0 Å². The van der Waals surface area contributed by atoms with Crippen molar-refractivity contribution in [1.29, 1.82) is 15.8 Å². The number of hydrogen-bond donors (Lipinski definition) is 0. The van der Waals surface area contributed by atoms with Gasteiger partial charge in [0, 0.05) is 19.8 Å². The first-order chi connectivity index (χ1) is 9.12. The number of hydrogen-bond acceptors (Lipinski definition) is 4. The third-order valence-corrected chi connectivity index (χ3v) is 2.78. The van der Waals surface area contributed by atoms with Crippen LogP contribution in [-0.2, 0) is 6.42 Å². The van der Waals surface area contributed by atoms with E-state index in [4.69, 9.17) is 15.8 Å². The van der Waals surface area contributed by atoms with Crippen molar-refractivity contribution in [2.24, 2.45) is 0 Å². The van der Waals surface area contributed by atoms with Crippen LogP contribution >= 0.6 is 0 Å². The topological polar surface area (TPSA) is 74.6 Å². The zero-order valence-electron chi connectivity index (χ0n) is 11.0. The molecule has 0 heterocycles. The Morgan fingerprint density at radius 1 is 1.00 bits per heavy atom. The Kier molecular flexibility index (Phi) is 5.15. The van der Waals surface area contributed by atoms with Gasteiger partial charge >= 0.3 is 0 Å². The van der Waals surface area contributed by atoms with Crippen molar-refractivity contribution in [3.8, 4) is 18.2 Å². The monoisotopic (exact) mass is 250 g/mol. The predicted octanol–water partition coefficient (Wildman–Crippen LogP) is 2.55. The summed E-state index contributed by atoms with van der Waals surface area (Å²) in [5, 5.41) is 26.4. The van der Waals surface area contributed by atoms with Gasteiger partial charge in [0.1, 0.15) is 17.7 Å². The lowest BCUT2D eigenvalue weighted by Gasteiger charge is -2.12. The van der Waals surface area contributed by atoms with Crippen LogP contribution in [0.4, 0.5) is 5.69 Å². The summed E-state index contributed by atoms with van der Waals surface area (Å²) in [7, 11) is 3.94. The summed E-state index contributed by atoms with van der Waals surface area (Å²) in [6.45, 7) is 0. The maximum Gasteiger partial charge on any atom is 0.143 e. The van der Waals surface area contributed by atoms with E-state index in [0.717, 1.165) is 11.3 Å². The fraction of sp³-hybridized carbons (Fsp3) is 0.267. The molecule has 4 nitrogen and oxygen atoms in total. The molecule has 19 heavy (non-hydrogen) atoms. The Hall–Kier alpha value is -2.77. The Morgan fingerprint density at radius 3 is 2.00 bits per heavy atom. The highest BCUT2D eigenvalue weighted by Crippen LogP contribution is 2.16. The largest absolute Gasteiger partial charge is 0.378 e. The van der Waals surface area contributed by atoms with Crippen LogP contribution in [0.5, 0.6) is 0 Å². The summed E-state index contributed by atoms with van der Waals surface area (Å²) in [6, 6.07) is 13.4. The van der Waals surface area contributed by atoms with Crippen LogP contribution in [0.15, 0.2) is 35.4 Å². The third kappa shape index (κ3) is 3.87. The van der Waals surface area contributed by atoms with Crippen molar-refractivity contribution in [3.05, 3.63) is 41.0 Å². The minimum absolute atomic E-state index is 0.0904. The maximum absolute atomic E-state index is 8.94. The molecule has 0 N–H and O–H groups in total. The number of benzene rings is 1. The molecule has 1 aromatic carbocycles. The van der Waals surface area contributed by atoms with Crippen LogP contribution in [0, 0.1) is 34.0 Å². The zero-order chi connectivity index (χ0) is 14.3. The van der Waals surface area contributed by atoms with E-state index in [0.29, 0.717) is 12.8 Å². The second-order valence-corrected chi connectivity index (χ2v) is 4.25. The number of aryl methyl sites for hydroxylation is 1. The summed E-state index contributed by atoms with van der Waals surface area (Å²) >= 11 is 0. The van der Waals surface area contributed by atoms with E-state index in [1.165, 1.54) is 0 Å². The number of nitrogens with zero attached hydrogens (tertiary/aromatic N) is 4. The van der Waals surface area contributed by atoms with Crippen molar-refractivity contribution in [2.45, 2.75) is 12.8 Å². The quantitative estimate of drug-likeness (QED) is 0.769. The highest BCUT2D eigenvalue weighted by atomic mass is 15.1. The maximum atomic E-state index is 8.94. The van der Waals surface area contributed by atoms with Gasteiger partial charge in [-0.3, -0.25) is 0 Å². The number of anilines is 1. The molecule has 0 fully saturated rings. The van der Waals surface area contributed by atoms with Crippen LogP contribution in [0.1, 0.15) is 12.0 Å². The van der Waals surface area contributed by atoms with Gasteiger partial charge < -0.3 is 4.90 Å². The third-order valence-electron chi connectivity index (χ3n) is 2.78. The van der Waals surface area contributed by atoms with E-state index in [-0.39, 0.29) is 11.1 Å². The molecular weight excluding hydrogens is 236 g/mol. The van der Waals surface area contributed by atoms with Gasteiger partial charge in [0.25, 0.3) is 0 Å². The van der Waals surface area contributed by atoms with Gasteiger partial charge in [-0.05, 0) is 30.5 Å². The van der Waals surface area contributed by atoms with Gasteiger partial charge in [0.15, 0.2) is 0 Å². The van der Waals surface area contributed by atoms with Gasteiger partial charge in [-0.15, -0.1) is 0 Å². The van der Waals surface area contributed by atoms with Crippen LogP contribution in [0.25, 0.3) is 0 Å². The minimum Gasteiger partial charge on any atom is -0.378 e. The molecular formula is C15H14N4. The minimum atomic E-state index is -0.0904. The fourth-order valence-corrected chi connectivity index (χ4v) is 1.63. The molecule has 0 bridgehead atoms. The van der Waals surface area contributed by atoms with Crippen LogP contribution in [0.3, 0.4) is 0 Å². The van der Waals surface area contributed by atoms with Crippen LogP contribution in [0.2, 0.25) is 0 Å². The molecule has 0 aromatic heterocycles. The molecule has 0 saturated carbocycles. The molecule has 4 heteroatoms. The van der Waals surface area contributed by atoms with Gasteiger partial charge in [0.05, 0.1) is 11.6 Å². The van der Waals surface area contributed by atoms with Crippen molar-refractivity contribution in [3.63, 3.8) is 0 Å². The van der Waals surface area contributed by atoms with E-state index in [9.17, 15) is 0 Å². The van der Waals surface area contributed by atoms with Crippen LogP contribution < -0.4 is 4.90 Å². The van der Waals surface area contributed by atoms with Crippen molar-refractivity contribution >= 4 is 5.69 Å². The average Bonchev–Trinajstić information content (AvgIpc) is 2.43. The van der Waals surface area contributed by atoms with Crippen molar-refractivity contribution < 1.29 is 0 Å². The molecule has 0 unspecified atom stereocenters. The fourth-order valence-electron chi connectivity index (χ4n) is 1.63. The van der Waals surface area contributed by atoms with Gasteiger partial charge in [-0.2, -0.15) is 15.8 Å². The SMILES string of the molecule is CN(C)c1ccc(CCC(C#N)=C(C#N)C#N)cc1. The normalized spacial score (nSPS) is 8.79. The predicted molar refractivity (Wildman–Crippen MR) is 73.0 cm³/mol. The molecule has 0 aliphatic carbocycles. The molecule has 0 atom stereocenters. The molecule has 0 aliphatic rings. The molecule has 0 amide bonds. The van der Waals surface area contributed by atoms with Gasteiger partial charge in [-0.1, -0.05) is 12.1 Å². The Morgan fingerprint density at radius 2 is 1.58 bits per heavy atom. The lowest BCUT2D eigenvalue weighted by Crippen LogP contribution is -2.08. The first kappa shape index (κ1) is 14.3. The first-order valence-corrected chi connectivity index (χ1v) is 5.82. The van der Waals surface area contributed by atoms with Crippen molar-refractivity contribution in [1.82, 2.24) is 0 Å². The Balaban J connectivity index is 2.78. The zero-order valence-corrected chi connectivity index (χ0v) is 11.0.